The Morgan fingerprint density at radius 2 is 2.29 bits per heavy atom. The molecule has 0 aliphatic heterocycles. The fourth-order valence-electron chi connectivity index (χ4n) is 1.41. The molecule has 0 atom stereocenters. The van der Waals surface area contributed by atoms with Crippen LogP contribution in [0.4, 0.5) is 0 Å². The van der Waals surface area contributed by atoms with Crippen LogP contribution in [0.25, 0.3) is 0 Å². The summed E-state index contributed by atoms with van der Waals surface area (Å²) in [6.45, 7) is 6.70. The van der Waals surface area contributed by atoms with Crippen molar-refractivity contribution in [1.29, 1.82) is 0 Å². The van der Waals surface area contributed by atoms with Gasteiger partial charge < -0.3 is 19.7 Å². The van der Waals surface area contributed by atoms with Crippen molar-refractivity contribution in [2.75, 3.05) is 20.3 Å². The van der Waals surface area contributed by atoms with Crippen molar-refractivity contribution in [3.8, 4) is 0 Å². The lowest BCUT2D eigenvalue weighted by atomic mass is 10.1. The second-order valence-corrected chi connectivity index (χ2v) is 4.83. The van der Waals surface area contributed by atoms with Crippen LogP contribution in [0.15, 0.2) is 12.5 Å². The van der Waals surface area contributed by atoms with E-state index in [1.807, 2.05) is 24.6 Å². The van der Waals surface area contributed by atoms with E-state index in [1.165, 1.54) is 0 Å². The van der Waals surface area contributed by atoms with Crippen molar-refractivity contribution >= 4 is 0 Å². The monoisotopic (exact) mass is 241 g/mol. The van der Waals surface area contributed by atoms with Gasteiger partial charge in [-0.1, -0.05) is 0 Å². The van der Waals surface area contributed by atoms with Crippen LogP contribution in [0.1, 0.15) is 26.0 Å². The zero-order valence-electron chi connectivity index (χ0n) is 10.9. The Kier molecular flexibility index (Phi) is 5.61. The molecule has 0 unspecified atom stereocenters. The number of nitrogens with zero attached hydrogens (tertiary/aromatic N) is 2. The SMILES string of the molecule is COCCNCc1cn(CCC(C)(C)O)cn1. The Hall–Kier alpha value is -0.910. The molecule has 0 bridgehead atoms. The number of aryl methyl sites for hydroxylation is 1. The van der Waals surface area contributed by atoms with Gasteiger partial charge in [-0.05, 0) is 20.3 Å². The highest BCUT2D eigenvalue weighted by molar-refractivity contribution is 4.96. The number of methoxy groups -OCH3 is 1. The van der Waals surface area contributed by atoms with Crippen LogP contribution >= 0.6 is 0 Å². The maximum absolute atomic E-state index is 9.63. The molecule has 0 saturated carbocycles. The number of hydrogen-bond donors (Lipinski definition) is 2. The highest BCUT2D eigenvalue weighted by Crippen LogP contribution is 2.09. The normalized spacial score (nSPS) is 12.0. The molecular weight excluding hydrogens is 218 g/mol. The van der Waals surface area contributed by atoms with Gasteiger partial charge in [0.05, 0.1) is 24.2 Å². The third-order valence-electron chi connectivity index (χ3n) is 2.46. The molecule has 0 fully saturated rings. The van der Waals surface area contributed by atoms with Gasteiger partial charge >= 0.3 is 0 Å². The third-order valence-corrected chi connectivity index (χ3v) is 2.46. The first-order chi connectivity index (χ1) is 8.01. The molecule has 2 N–H and O–H groups in total. The maximum Gasteiger partial charge on any atom is 0.0949 e. The lowest BCUT2D eigenvalue weighted by molar-refractivity contribution is 0.0662. The van der Waals surface area contributed by atoms with Crippen molar-refractivity contribution in [2.45, 2.75) is 39.0 Å². The third kappa shape index (κ3) is 6.41. The Labute approximate surface area is 103 Å². The standard InChI is InChI=1S/C12H23N3O2/c1-12(2,16)4-6-15-9-11(14-10-15)8-13-5-7-17-3/h9-10,13,16H,4-8H2,1-3H3. The minimum absolute atomic E-state index is 0.624. The number of ether oxygens (including phenoxy) is 1. The van der Waals surface area contributed by atoms with Gasteiger partial charge in [-0.2, -0.15) is 0 Å². The number of imidazole rings is 1. The van der Waals surface area contributed by atoms with Crippen molar-refractivity contribution in [3.63, 3.8) is 0 Å². The summed E-state index contributed by atoms with van der Waals surface area (Å²) in [5, 5.41) is 12.9. The Balaban J connectivity index is 2.28. The van der Waals surface area contributed by atoms with Gasteiger partial charge in [-0.3, -0.25) is 0 Å². The van der Waals surface area contributed by atoms with Crippen molar-refractivity contribution < 1.29 is 9.84 Å². The zero-order chi connectivity index (χ0) is 12.7. The lowest BCUT2D eigenvalue weighted by Crippen LogP contribution is -2.20. The van der Waals surface area contributed by atoms with E-state index in [1.54, 1.807) is 13.4 Å². The topological polar surface area (TPSA) is 59.3 Å². The van der Waals surface area contributed by atoms with Crippen molar-refractivity contribution in [2.24, 2.45) is 0 Å². The molecule has 1 heterocycles. The van der Waals surface area contributed by atoms with E-state index in [0.717, 1.165) is 31.7 Å². The molecule has 5 heteroatoms. The number of rotatable bonds is 8. The molecule has 1 rings (SSSR count). The molecule has 0 radical (unpaired) electrons. The minimum Gasteiger partial charge on any atom is -0.390 e. The van der Waals surface area contributed by atoms with Gasteiger partial charge in [0.25, 0.3) is 0 Å². The fraction of sp³-hybridized carbons (Fsp3) is 0.750. The molecule has 0 aliphatic carbocycles. The molecule has 17 heavy (non-hydrogen) atoms. The second kappa shape index (κ2) is 6.74. The van der Waals surface area contributed by atoms with Gasteiger partial charge in [-0.25, -0.2) is 4.98 Å². The highest BCUT2D eigenvalue weighted by Gasteiger charge is 2.12. The van der Waals surface area contributed by atoms with Crippen LogP contribution in [-0.4, -0.2) is 40.5 Å². The first-order valence-corrected chi connectivity index (χ1v) is 5.94. The molecule has 1 aromatic heterocycles. The van der Waals surface area contributed by atoms with E-state index in [0.29, 0.717) is 6.61 Å². The van der Waals surface area contributed by atoms with Crippen LogP contribution in [0.2, 0.25) is 0 Å². The largest absolute Gasteiger partial charge is 0.390 e. The summed E-state index contributed by atoms with van der Waals surface area (Å²) >= 11 is 0. The Morgan fingerprint density at radius 1 is 1.53 bits per heavy atom. The summed E-state index contributed by atoms with van der Waals surface area (Å²) in [6, 6.07) is 0. The highest BCUT2D eigenvalue weighted by atomic mass is 16.5. The zero-order valence-corrected chi connectivity index (χ0v) is 10.9. The average Bonchev–Trinajstić information content (AvgIpc) is 2.69. The molecule has 5 nitrogen and oxygen atoms in total. The van der Waals surface area contributed by atoms with E-state index < -0.39 is 5.60 Å². The fourth-order valence-corrected chi connectivity index (χ4v) is 1.41. The van der Waals surface area contributed by atoms with E-state index in [9.17, 15) is 5.11 Å². The van der Waals surface area contributed by atoms with Crippen LogP contribution in [-0.2, 0) is 17.8 Å². The van der Waals surface area contributed by atoms with Gasteiger partial charge in [0.15, 0.2) is 0 Å². The summed E-state index contributed by atoms with van der Waals surface area (Å²) in [6.07, 6.45) is 4.53. The number of aromatic nitrogens is 2. The number of aliphatic hydroxyl groups is 1. The van der Waals surface area contributed by atoms with Crippen LogP contribution in [0.5, 0.6) is 0 Å². The average molecular weight is 241 g/mol. The van der Waals surface area contributed by atoms with E-state index in [4.69, 9.17) is 4.74 Å². The molecule has 0 saturated heterocycles. The molecule has 0 amide bonds. The molecule has 1 aromatic rings. The summed E-state index contributed by atoms with van der Waals surface area (Å²) < 4.78 is 6.95. The molecule has 98 valence electrons. The molecule has 0 aromatic carbocycles. The quantitative estimate of drug-likeness (QED) is 0.660. The second-order valence-electron chi connectivity index (χ2n) is 4.83. The van der Waals surface area contributed by atoms with Crippen LogP contribution in [0.3, 0.4) is 0 Å². The van der Waals surface area contributed by atoms with Gasteiger partial charge in [0, 0.05) is 32.9 Å². The van der Waals surface area contributed by atoms with Gasteiger partial charge in [-0.15, -0.1) is 0 Å². The van der Waals surface area contributed by atoms with Gasteiger partial charge in [0.2, 0.25) is 0 Å². The Morgan fingerprint density at radius 3 is 2.94 bits per heavy atom. The smallest absolute Gasteiger partial charge is 0.0949 e. The lowest BCUT2D eigenvalue weighted by Gasteiger charge is -2.16. The van der Waals surface area contributed by atoms with Crippen molar-refractivity contribution in [3.05, 3.63) is 18.2 Å². The molecule has 0 spiro atoms. The predicted octanol–water partition coefficient (Wildman–Crippen LogP) is 0.780. The van der Waals surface area contributed by atoms with E-state index in [2.05, 4.69) is 10.3 Å². The first-order valence-electron chi connectivity index (χ1n) is 5.94. The van der Waals surface area contributed by atoms with Gasteiger partial charge in [0.1, 0.15) is 0 Å². The summed E-state index contributed by atoms with van der Waals surface area (Å²) in [4.78, 5) is 4.29. The maximum atomic E-state index is 9.63. The van der Waals surface area contributed by atoms with Crippen molar-refractivity contribution in [1.82, 2.24) is 14.9 Å². The van der Waals surface area contributed by atoms with E-state index in [-0.39, 0.29) is 0 Å². The molecule has 0 aliphatic rings. The summed E-state index contributed by atoms with van der Waals surface area (Å²) in [5.41, 5.74) is 0.387. The predicted molar refractivity (Wildman–Crippen MR) is 66.7 cm³/mol. The Bertz CT molecular complexity index is 318. The van der Waals surface area contributed by atoms with Crippen LogP contribution in [0, 0.1) is 0 Å². The molecular formula is C12H23N3O2. The minimum atomic E-state index is -0.624. The summed E-state index contributed by atoms with van der Waals surface area (Å²) in [5.74, 6) is 0. The first kappa shape index (κ1) is 14.2. The van der Waals surface area contributed by atoms with Crippen LogP contribution < -0.4 is 5.32 Å². The number of hydrogen-bond acceptors (Lipinski definition) is 4. The summed E-state index contributed by atoms with van der Waals surface area (Å²) in [7, 11) is 1.69. The number of nitrogens with one attached hydrogen (secondary N) is 1. The van der Waals surface area contributed by atoms with E-state index >= 15 is 0 Å².